The number of hydrogen-bond acceptors (Lipinski definition) is 3. The maximum Gasteiger partial charge on any atom is 0.0681 e. The van der Waals surface area contributed by atoms with E-state index in [-0.39, 0.29) is 6.61 Å². The first-order valence-electron chi connectivity index (χ1n) is 6.89. The molecule has 1 unspecified atom stereocenters. The summed E-state index contributed by atoms with van der Waals surface area (Å²) < 4.78 is 5.59. The van der Waals surface area contributed by atoms with Gasteiger partial charge in [-0.05, 0) is 43.4 Å². The molecular weight excluding hydrogens is 226 g/mol. The van der Waals surface area contributed by atoms with Crippen LogP contribution in [0.2, 0.25) is 0 Å². The maximum absolute atomic E-state index is 8.95. The molecule has 0 radical (unpaired) electrons. The summed E-state index contributed by atoms with van der Waals surface area (Å²) >= 11 is 0. The molecule has 0 bridgehead atoms. The Labute approximate surface area is 109 Å². The molecule has 1 aromatic rings. The van der Waals surface area contributed by atoms with Crippen LogP contribution in [0.1, 0.15) is 36.8 Å². The summed E-state index contributed by atoms with van der Waals surface area (Å²) in [6.07, 6.45) is 5.34. The molecule has 1 fully saturated rings. The molecule has 2 N–H and O–H groups in total. The molecule has 0 spiro atoms. The molecule has 1 saturated heterocycles. The van der Waals surface area contributed by atoms with Crippen molar-refractivity contribution in [1.82, 2.24) is 5.32 Å². The third-order valence-corrected chi connectivity index (χ3v) is 3.44. The monoisotopic (exact) mass is 249 g/mol. The van der Waals surface area contributed by atoms with E-state index in [0.717, 1.165) is 25.3 Å². The first-order valence-corrected chi connectivity index (χ1v) is 6.89. The van der Waals surface area contributed by atoms with Crippen LogP contribution in [0.25, 0.3) is 0 Å². The predicted octanol–water partition coefficient (Wildman–Crippen LogP) is 2.23. The third kappa shape index (κ3) is 4.41. The zero-order valence-corrected chi connectivity index (χ0v) is 10.9. The zero-order valence-electron chi connectivity index (χ0n) is 10.9. The molecular formula is C15H23NO2. The first kappa shape index (κ1) is 13.5. The number of nitrogens with one attached hydrogen (secondary N) is 1. The molecule has 0 amide bonds. The topological polar surface area (TPSA) is 41.5 Å². The summed E-state index contributed by atoms with van der Waals surface area (Å²) in [5.41, 5.74) is 2.24. The molecule has 1 atom stereocenters. The van der Waals surface area contributed by atoms with Gasteiger partial charge in [-0.2, -0.15) is 0 Å². The van der Waals surface area contributed by atoms with Gasteiger partial charge in [-0.25, -0.2) is 0 Å². The third-order valence-electron chi connectivity index (χ3n) is 3.44. The van der Waals surface area contributed by atoms with Crippen LogP contribution in [0.4, 0.5) is 0 Å². The molecule has 2 rings (SSSR count). The van der Waals surface area contributed by atoms with Crippen LogP contribution >= 0.6 is 0 Å². The summed E-state index contributed by atoms with van der Waals surface area (Å²) in [5.74, 6) is 0. The SMILES string of the molecule is OCc1ccc(CNCCCC2CCCO2)cc1. The van der Waals surface area contributed by atoms with Crippen LogP contribution in [0, 0.1) is 0 Å². The van der Waals surface area contributed by atoms with Crippen LogP contribution in [-0.4, -0.2) is 24.4 Å². The van der Waals surface area contributed by atoms with E-state index in [9.17, 15) is 0 Å². The largest absolute Gasteiger partial charge is 0.392 e. The number of ether oxygens (including phenoxy) is 1. The lowest BCUT2D eigenvalue weighted by molar-refractivity contribution is 0.102. The van der Waals surface area contributed by atoms with Gasteiger partial charge in [-0.1, -0.05) is 24.3 Å². The number of benzene rings is 1. The van der Waals surface area contributed by atoms with E-state index >= 15 is 0 Å². The van der Waals surface area contributed by atoms with Crippen LogP contribution in [0.15, 0.2) is 24.3 Å². The number of rotatable bonds is 7. The molecule has 18 heavy (non-hydrogen) atoms. The van der Waals surface area contributed by atoms with E-state index in [1.54, 1.807) is 0 Å². The van der Waals surface area contributed by atoms with Crippen LogP contribution in [0.3, 0.4) is 0 Å². The van der Waals surface area contributed by atoms with Gasteiger partial charge in [-0.15, -0.1) is 0 Å². The first-order chi connectivity index (χ1) is 8.88. The Bertz CT molecular complexity index is 331. The predicted molar refractivity (Wildman–Crippen MR) is 72.3 cm³/mol. The standard InChI is InChI=1S/C15H23NO2/c17-12-14-7-5-13(6-8-14)11-16-9-1-3-15-4-2-10-18-15/h5-8,15-17H,1-4,9-12H2. The summed E-state index contributed by atoms with van der Waals surface area (Å²) in [6.45, 7) is 3.02. The molecule has 1 aliphatic heterocycles. The Morgan fingerprint density at radius 1 is 1.22 bits per heavy atom. The number of aliphatic hydroxyl groups is 1. The van der Waals surface area contributed by atoms with E-state index in [0.29, 0.717) is 6.10 Å². The second-order valence-corrected chi connectivity index (χ2v) is 4.93. The lowest BCUT2D eigenvalue weighted by Gasteiger charge is -2.09. The Kier molecular flexibility index (Phi) is 5.65. The smallest absolute Gasteiger partial charge is 0.0681 e. The molecule has 3 heteroatoms. The molecule has 1 aliphatic rings. The molecule has 1 heterocycles. The molecule has 100 valence electrons. The van der Waals surface area contributed by atoms with E-state index in [4.69, 9.17) is 9.84 Å². The highest BCUT2D eigenvalue weighted by Gasteiger charge is 2.14. The number of hydrogen-bond donors (Lipinski definition) is 2. The van der Waals surface area contributed by atoms with Crippen molar-refractivity contribution in [2.75, 3.05) is 13.2 Å². The highest BCUT2D eigenvalue weighted by Crippen LogP contribution is 2.16. The van der Waals surface area contributed by atoms with Crippen molar-refractivity contribution in [3.05, 3.63) is 35.4 Å². The van der Waals surface area contributed by atoms with E-state index in [1.165, 1.54) is 31.2 Å². The van der Waals surface area contributed by atoms with Crippen LogP contribution in [-0.2, 0) is 17.9 Å². The Morgan fingerprint density at radius 3 is 2.67 bits per heavy atom. The lowest BCUT2D eigenvalue weighted by atomic mass is 10.1. The van der Waals surface area contributed by atoms with Crippen molar-refractivity contribution < 1.29 is 9.84 Å². The summed E-state index contributed by atoms with van der Waals surface area (Å²) in [7, 11) is 0. The summed E-state index contributed by atoms with van der Waals surface area (Å²) in [6, 6.07) is 8.09. The van der Waals surface area contributed by atoms with Crippen LogP contribution in [0.5, 0.6) is 0 Å². The van der Waals surface area contributed by atoms with Crippen molar-refractivity contribution in [3.8, 4) is 0 Å². The van der Waals surface area contributed by atoms with Crippen molar-refractivity contribution >= 4 is 0 Å². The fraction of sp³-hybridized carbons (Fsp3) is 0.600. The van der Waals surface area contributed by atoms with E-state index in [1.807, 2.05) is 12.1 Å². The zero-order chi connectivity index (χ0) is 12.6. The van der Waals surface area contributed by atoms with Gasteiger partial charge < -0.3 is 15.2 Å². The van der Waals surface area contributed by atoms with E-state index < -0.39 is 0 Å². The van der Waals surface area contributed by atoms with Crippen molar-refractivity contribution in [2.24, 2.45) is 0 Å². The lowest BCUT2D eigenvalue weighted by Crippen LogP contribution is -2.16. The minimum atomic E-state index is 0.120. The Morgan fingerprint density at radius 2 is 2.00 bits per heavy atom. The minimum Gasteiger partial charge on any atom is -0.392 e. The summed E-state index contributed by atoms with van der Waals surface area (Å²) in [4.78, 5) is 0. The molecule has 3 nitrogen and oxygen atoms in total. The Balaban J connectivity index is 1.56. The second kappa shape index (κ2) is 7.52. The average Bonchev–Trinajstić information content (AvgIpc) is 2.92. The van der Waals surface area contributed by atoms with Crippen molar-refractivity contribution in [1.29, 1.82) is 0 Å². The quantitative estimate of drug-likeness (QED) is 0.728. The highest BCUT2D eigenvalue weighted by atomic mass is 16.5. The van der Waals surface area contributed by atoms with Gasteiger partial charge in [0.2, 0.25) is 0 Å². The van der Waals surface area contributed by atoms with Crippen LogP contribution < -0.4 is 5.32 Å². The van der Waals surface area contributed by atoms with Gasteiger partial charge in [0.1, 0.15) is 0 Å². The van der Waals surface area contributed by atoms with Gasteiger partial charge in [0.25, 0.3) is 0 Å². The fourth-order valence-corrected chi connectivity index (χ4v) is 2.32. The number of aliphatic hydroxyl groups excluding tert-OH is 1. The van der Waals surface area contributed by atoms with Gasteiger partial charge in [0.05, 0.1) is 12.7 Å². The van der Waals surface area contributed by atoms with Gasteiger partial charge in [0.15, 0.2) is 0 Å². The molecule has 0 aliphatic carbocycles. The molecule has 0 saturated carbocycles. The molecule has 0 aromatic heterocycles. The normalized spacial score (nSPS) is 19.3. The van der Waals surface area contributed by atoms with Crippen molar-refractivity contribution in [2.45, 2.75) is 44.9 Å². The van der Waals surface area contributed by atoms with Crippen molar-refractivity contribution in [3.63, 3.8) is 0 Å². The molecule has 1 aromatic carbocycles. The Hall–Kier alpha value is -0.900. The fourth-order valence-electron chi connectivity index (χ4n) is 2.32. The highest BCUT2D eigenvalue weighted by molar-refractivity contribution is 5.21. The van der Waals surface area contributed by atoms with Gasteiger partial charge in [0, 0.05) is 13.2 Å². The minimum absolute atomic E-state index is 0.120. The van der Waals surface area contributed by atoms with E-state index in [2.05, 4.69) is 17.4 Å². The maximum atomic E-state index is 8.95. The second-order valence-electron chi connectivity index (χ2n) is 4.93. The van der Waals surface area contributed by atoms with Gasteiger partial charge >= 0.3 is 0 Å². The summed E-state index contributed by atoms with van der Waals surface area (Å²) in [5, 5.41) is 12.4. The average molecular weight is 249 g/mol. The van der Waals surface area contributed by atoms with Gasteiger partial charge in [-0.3, -0.25) is 0 Å².